The molecule has 0 radical (unpaired) electrons. The average molecular weight is 535 g/mol. The van der Waals surface area contributed by atoms with E-state index < -0.39 is 0 Å². The maximum Gasteiger partial charge on any atom is 0.194 e. The molecule has 0 unspecified atom stereocenters. The fourth-order valence-corrected chi connectivity index (χ4v) is 3.70. The van der Waals surface area contributed by atoms with Crippen molar-refractivity contribution in [3.8, 4) is 11.3 Å². The number of aliphatic imine (C=N–C) groups is 1. The lowest BCUT2D eigenvalue weighted by molar-refractivity contribution is 0.464. The predicted molar refractivity (Wildman–Crippen MR) is 138 cm³/mol. The maximum atomic E-state index is 4.91. The number of aromatic amines is 1. The number of guanidine groups is 1. The smallest absolute Gasteiger partial charge is 0.194 e. The lowest BCUT2D eigenvalue weighted by atomic mass is 10.1. The van der Waals surface area contributed by atoms with E-state index in [1.165, 1.54) is 11.3 Å². The van der Waals surface area contributed by atoms with Crippen LogP contribution in [0.25, 0.3) is 11.3 Å². The summed E-state index contributed by atoms with van der Waals surface area (Å²) in [5.41, 5.74) is 5.80. The van der Waals surface area contributed by atoms with Crippen LogP contribution < -0.4 is 5.32 Å². The number of nitrogens with one attached hydrogen (secondary N) is 2. The van der Waals surface area contributed by atoms with Gasteiger partial charge in [0.1, 0.15) is 5.82 Å². The first kappa shape index (κ1) is 24.9. The van der Waals surface area contributed by atoms with E-state index in [0.29, 0.717) is 13.1 Å². The molecule has 2 aromatic heterocycles. The van der Waals surface area contributed by atoms with Crippen molar-refractivity contribution >= 4 is 29.9 Å². The number of rotatable bonds is 8. The van der Waals surface area contributed by atoms with Crippen LogP contribution in [0.4, 0.5) is 0 Å². The second-order valence-electron chi connectivity index (χ2n) is 7.34. The Morgan fingerprint density at radius 3 is 2.55 bits per heavy atom. The zero-order valence-corrected chi connectivity index (χ0v) is 21.5. The fourth-order valence-electron chi connectivity index (χ4n) is 3.70. The van der Waals surface area contributed by atoms with Crippen LogP contribution in [0.1, 0.15) is 43.5 Å². The van der Waals surface area contributed by atoms with Crippen molar-refractivity contribution in [1.29, 1.82) is 0 Å². The molecule has 0 aliphatic heterocycles. The summed E-state index contributed by atoms with van der Waals surface area (Å²) in [6, 6.07) is 10.2. The molecule has 7 nitrogen and oxygen atoms in total. The molecule has 8 heteroatoms. The van der Waals surface area contributed by atoms with Gasteiger partial charge in [-0.25, -0.2) is 9.98 Å². The molecule has 0 bridgehead atoms. The number of nitrogens with zero attached hydrogens (tertiary/aromatic N) is 5. The molecule has 0 amide bonds. The first-order chi connectivity index (χ1) is 14.6. The first-order valence-electron chi connectivity index (χ1n) is 10.7. The molecule has 0 atom stereocenters. The number of aromatic nitrogens is 4. The highest BCUT2D eigenvalue weighted by molar-refractivity contribution is 14.0. The summed E-state index contributed by atoms with van der Waals surface area (Å²) in [7, 11) is 4.06. The Hall–Kier alpha value is -2.36. The average Bonchev–Trinajstić information content (AvgIpc) is 3.35. The number of aryl methyl sites for hydroxylation is 2. The zero-order chi connectivity index (χ0) is 21.5. The first-order valence-corrected chi connectivity index (χ1v) is 10.7. The molecule has 3 aromatic rings. The van der Waals surface area contributed by atoms with E-state index in [1.54, 1.807) is 0 Å². The Kier molecular flexibility index (Phi) is 9.54. The number of benzene rings is 1. The topological polar surface area (TPSA) is 74.1 Å². The van der Waals surface area contributed by atoms with Gasteiger partial charge in [0, 0.05) is 31.9 Å². The molecule has 2 heterocycles. The molecule has 0 saturated heterocycles. The molecular formula is C23H34IN7. The van der Waals surface area contributed by atoms with Gasteiger partial charge in [0.05, 0.1) is 30.7 Å². The molecule has 3 rings (SSSR count). The quantitative estimate of drug-likeness (QED) is 0.258. The van der Waals surface area contributed by atoms with Crippen LogP contribution in [-0.2, 0) is 33.0 Å². The molecule has 0 aliphatic carbocycles. The Morgan fingerprint density at radius 1 is 1.16 bits per heavy atom. The Bertz CT molecular complexity index is 975. The third-order valence-corrected chi connectivity index (χ3v) is 5.21. The molecule has 31 heavy (non-hydrogen) atoms. The SMILES string of the molecule is CCNC(=NCc1c(CC)nn(C)c1CC)N(C)Cc1ncc(-c2ccccc2)[nH]1.I. The maximum absolute atomic E-state index is 4.91. The van der Waals surface area contributed by atoms with Crippen molar-refractivity contribution in [3.63, 3.8) is 0 Å². The molecule has 1 aromatic carbocycles. The highest BCUT2D eigenvalue weighted by Crippen LogP contribution is 2.18. The highest BCUT2D eigenvalue weighted by Gasteiger charge is 2.15. The van der Waals surface area contributed by atoms with Gasteiger partial charge < -0.3 is 15.2 Å². The standard InChI is InChI=1S/C23H33N7.HI/c1-6-19-18(21(7-2)30(5)28-19)14-26-23(24-8-3)29(4)16-22-25-15-20(27-22)17-12-10-9-11-13-17;/h9-13,15H,6-8,14,16H2,1-5H3,(H,24,26)(H,25,27);1H. The zero-order valence-electron chi connectivity index (χ0n) is 19.1. The van der Waals surface area contributed by atoms with Crippen molar-refractivity contribution in [1.82, 2.24) is 30.0 Å². The number of imidazole rings is 1. The van der Waals surface area contributed by atoms with E-state index in [9.17, 15) is 0 Å². The molecule has 0 fully saturated rings. The van der Waals surface area contributed by atoms with Crippen molar-refractivity contribution in [2.45, 2.75) is 46.7 Å². The van der Waals surface area contributed by atoms with Crippen LogP contribution in [0.5, 0.6) is 0 Å². The number of hydrogen-bond donors (Lipinski definition) is 2. The summed E-state index contributed by atoms with van der Waals surface area (Å²) in [5, 5.41) is 8.07. The van der Waals surface area contributed by atoms with Crippen molar-refractivity contribution in [3.05, 3.63) is 59.3 Å². The Morgan fingerprint density at radius 2 is 1.90 bits per heavy atom. The predicted octanol–water partition coefficient (Wildman–Crippen LogP) is 4.15. The number of hydrogen-bond acceptors (Lipinski definition) is 3. The van der Waals surface area contributed by atoms with E-state index >= 15 is 0 Å². The summed E-state index contributed by atoms with van der Waals surface area (Å²) in [6.07, 6.45) is 3.76. The Labute approximate surface area is 202 Å². The second-order valence-corrected chi connectivity index (χ2v) is 7.34. The second kappa shape index (κ2) is 11.9. The van der Waals surface area contributed by atoms with E-state index in [1.807, 2.05) is 43.2 Å². The minimum Gasteiger partial charge on any atom is -0.357 e. The summed E-state index contributed by atoms with van der Waals surface area (Å²) in [6.45, 7) is 8.48. The minimum atomic E-state index is 0. The van der Waals surface area contributed by atoms with Crippen molar-refractivity contribution in [2.75, 3.05) is 13.6 Å². The molecular weight excluding hydrogens is 501 g/mol. The van der Waals surface area contributed by atoms with Crippen LogP contribution >= 0.6 is 24.0 Å². The monoisotopic (exact) mass is 535 g/mol. The van der Waals surface area contributed by atoms with Gasteiger partial charge in [-0.2, -0.15) is 5.10 Å². The van der Waals surface area contributed by atoms with Gasteiger partial charge in [-0.1, -0.05) is 44.2 Å². The lowest BCUT2D eigenvalue weighted by Gasteiger charge is -2.21. The van der Waals surface area contributed by atoms with Crippen LogP contribution in [0.15, 0.2) is 41.5 Å². The van der Waals surface area contributed by atoms with Crippen LogP contribution in [0.2, 0.25) is 0 Å². The largest absolute Gasteiger partial charge is 0.357 e. The van der Waals surface area contributed by atoms with E-state index in [0.717, 1.165) is 48.1 Å². The van der Waals surface area contributed by atoms with Gasteiger partial charge in [-0.05, 0) is 25.3 Å². The summed E-state index contributed by atoms with van der Waals surface area (Å²) < 4.78 is 1.99. The van der Waals surface area contributed by atoms with Gasteiger partial charge in [-0.15, -0.1) is 24.0 Å². The number of H-pyrrole nitrogens is 1. The van der Waals surface area contributed by atoms with Crippen LogP contribution in [0.3, 0.4) is 0 Å². The van der Waals surface area contributed by atoms with E-state index in [4.69, 9.17) is 4.99 Å². The van der Waals surface area contributed by atoms with Gasteiger partial charge in [0.25, 0.3) is 0 Å². The van der Waals surface area contributed by atoms with Gasteiger partial charge in [-0.3, -0.25) is 4.68 Å². The normalized spacial score (nSPS) is 11.3. The summed E-state index contributed by atoms with van der Waals surface area (Å²) in [5.74, 6) is 1.77. The fraction of sp³-hybridized carbons (Fsp3) is 0.435. The molecule has 168 valence electrons. The third-order valence-electron chi connectivity index (χ3n) is 5.21. The number of halogens is 1. The third kappa shape index (κ3) is 6.09. The van der Waals surface area contributed by atoms with Gasteiger partial charge >= 0.3 is 0 Å². The van der Waals surface area contributed by atoms with Gasteiger partial charge in [0.2, 0.25) is 0 Å². The van der Waals surface area contributed by atoms with E-state index in [2.05, 4.69) is 58.2 Å². The van der Waals surface area contributed by atoms with E-state index in [-0.39, 0.29) is 24.0 Å². The molecule has 2 N–H and O–H groups in total. The molecule has 0 spiro atoms. The van der Waals surface area contributed by atoms with Crippen molar-refractivity contribution < 1.29 is 0 Å². The minimum absolute atomic E-state index is 0. The highest BCUT2D eigenvalue weighted by atomic mass is 127. The molecule has 0 aliphatic rings. The van der Waals surface area contributed by atoms with Gasteiger partial charge in [0.15, 0.2) is 5.96 Å². The van der Waals surface area contributed by atoms with Crippen LogP contribution in [0, 0.1) is 0 Å². The van der Waals surface area contributed by atoms with Crippen LogP contribution in [-0.4, -0.2) is 44.2 Å². The van der Waals surface area contributed by atoms with Crippen molar-refractivity contribution in [2.24, 2.45) is 12.0 Å². The summed E-state index contributed by atoms with van der Waals surface area (Å²) >= 11 is 0. The summed E-state index contributed by atoms with van der Waals surface area (Å²) in [4.78, 5) is 15.0. The Balaban J connectivity index is 0.00000341. The lowest BCUT2D eigenvalue weighted by Crippen LogP contribution is -2.38. The molecule has 0 saturated carbocycles.